The van der Waals surface area contributed by atoms with Gasteiger partial charge in [-0.15, -0.1) is 0 Å². The van der Waals surface area contributed by atoms with Gasteiger partial charge in [-0.2, -0.15) is 0 Å². The molecule has 0 radical (unpaired) electrons. The van der Waals surface area contributed by atoms with Crippen LogP contribution in [-0.2, 0) is 13.2 Å². The molecule has 0 aliphatic heterocycles. The number of hydrogen-bond donors (Lipinski definition) is 2. The number of nitrogens with zero attached hydrogens (tertiary/aromatic N) is 1. The Kier molecular flexibility index (Phi) is 2.57. The third-order valence-electron chi connectivity index (χ3n) is 1.52. The van der Waals surface area contributed by atoms with Gasteiger partial charge in [0, 0.05) is 11.8 Å². The van der Waals surface area contributed by atoms with Gasteiger partial charge in [0.1, 0.15) is 0 Å². The summed E-state index contributed by atoms with van der Waals surface area (Å²) in [5, 5.41) is 17.6. The van der Waals surface area contributed by atoms with Gasteiger partial charge in [-0.05, 0) is 12.5 Å². The molecule has 0 aromatic carbocycles. The monoisotopic (exact) mass is 153 g/mol. The molecule has 1 heterocycles. The molecule has 3 heteroatoms. The van der Waals surface area contributed by atoms with E-state index in [4.69, 9.17) is 10.2 Å². The van der Waals surface area contributed by atoms with Crippen molar-refractivity contribution in [3.8, 4) is 0 Å². The van der Waals surface area contributed by atoms with Crippen molar-refractivity contribution in [3.05, 3.63) is 29.1 Å². The summed E-state index contributed by atoms with van der Waals surface area (Å²) in [6.07, 6.45) is 1.67. The predicted octanol–water partition coefficient (Wildman–Crippen LogP) is 0.375. The molecule has 0 spiro atoms. The van der Waals surface area contributed by atoms with Crippen LogP contribution in [0.25, 0.3) is 0 Å². The second-order valence-electron chi connectivity index (χ2n) is 2.43. The van der Waals surface area contributed by atoms with Crippen LogP contribution < -0.4 is 0 Å². The lowest BCUT2D eigenvalue weighted by Gasteiger charge is -2.03. The Hall–Kier alpha value is -0.930. The number of aromatic nitrogens is 1. The summed E-state index contributed by atoms with van der Waals surface area (Å²) >= 11 is 0. The fourth-order valence-corrected chi connectivity index (χ4v) is 0.937. The van der Waals surface area contributed by atoms with Crippen LogP contribution in [0.3, 0.4) is 0 Å². The van der Waals surface area contributed by atoms with Crippen LogP contribution in [0.2, 0.25) is 0 Å². The summed E-state index contributed by atoms with van der Waals surface area (Å²) in [4.78, 5) is 3.96. The van der Waals surface area contributed by atoms with Crippen molar-refractivity contribution in [2.45, 2.75) is 20.1 Å². The molecule has 0 saturated carbocycles. The van der Waals surface area contributed by atoms with Crippen molar-refractivity contribution in [3.63, 3.8) is 0 Å². The minimum absolute atomic E-state index is 0.0649. The fourth-order valence-electron chi connectivity index (χ4n) is 0.937. The van der Waals surface area contributed by atoms with Crippen LogP contribution in [0.15, 0.2) is 12.3 Å². The van der Waals surface area contributed by atoms with Crippen molar-refractivity contribution < 1.29 is 10.2 Å². The summed E-state index contributed by atoms with van der Waals surface area (Å²) in [5.41, 5.74) is 2.25. The molecule has 60 valence electrons. The van der Waals surface area contributed by atoms with Crippen LogP contribution in [0.5, 0.6) is 0 Å². The second-order valence-corrected chi connectivity index (χ2v) is 2.43. The van der Waals surface area contributed by atoms with E-state index < -0.39 is 0 Å². The zero-order valence-corrected chi connectivity index (χ0v) is 6.41. The number of aliphatic hydroxyl groups is 2. The summed E-state index contributed by atoms with van der Waals surface area (Å²) in [6, 6.07) is 1.82. The Morgan fingerprint density at radius 1 is 1.36 bits per heavy atom. The Labute approximate surface area is 65.3 Å². The smallest absolute Gasteiger partial charge is 0.0856 e. The van der Waals surface area contributed by atoms with E-state index in [1.54, 1.807) is 6.20 Å². The highest BCUT2D eigenvalue weighted by atomic mass is 16.3. The van der Waals surface area contributed by atoms with Gasteiger partial charge >= 0.3 is 0 Å². The minimum atomic E-state index is -0.115. The van der Waals surface area contributed by atoms with Gasteiger partial charge in [-0.1, -0.05) is 6.07 Å². The quantitative estimate of drug-likeness (QED) is 0.645. The minimum Gasteiger partial charge on any atom is -0.392 e. The maximum absolute atomic E-state index is 8.82. The van der Waals surface area contributed by atoms with Gasteiger partial charge in [-0.3, -0.25) is 4.98 Å². The number of aryl methyl sites for hydroxylation is 1. The van der Waals surface area contributed by atoms with E-state index >= 15 is 0 Å². The largest absolute Gasteiger partial charge is 0.392 e. The molecule has 0 atom stereocenters. The SMILES string of the molecule is Cc1cnc(CO)c(CO)c1. The Morgan fingerprint density at radius 2 is 2.09 bits per heavy atom. The molecule has 0 unspecified atom stereocenters. The topological polar surface area (TPSA) is 53.4 Å². The van der Waals surface area contributed by atoms with E-state index in [0.29, 0.717) is 11.3 Å². The number of aliphatic hydroxyl groups excluding tert-OH is 2. The molecular formula is C8H11NO2. The molecule has 0 bridgehead atoms. The van der Waals surface area contributed by atoms with Crippen LogP contribution >= 0.6 is 0 Å². The normalized spacial score (nSPS) is 10.1. The van der Waals surface area contributed by atoms with Crippen LogP contribution in [-0.4, -0.2) is 15.2 Å². The van der Waals surface area contributed by atoms with Crippen molar-refractivity contribution in [1.82, 2.24) is 4.98 Å². The second kappa shape index (κ2) is 3.46. The lowest BCUT2D eigenvalue weighted by atomic mass is 10.1. The van der Waals surface area contributed by atoms with E-state index in [-0.39, 0.29) is 13.2 Å². The zero-order chi connectivity index (χ0) is 8.27. The van der Waals surface area contributed by atoms with Crippen molar-refractivity contribution in [1.29, 1.82) is 0 Å². The molecule has 1 rings (SSSR count). The van der Waals surface area contributed by atoms with Crippen LogP contribution in [0, 0.1) is 6.92 Å². The molecule has 0 amide bonds. The first-order chi connectivity index (χ1) is 5.27. The maximum Gasteiger partial charge on any atom is 0.0856 e. The highest BCUT2D eigenvalue weighted by Crippen LogP contribution is 2.07. The molecular weight excluding hydrogens is 142 g/mol. The van der Waals surface area contributed by atoms with Gasteiger partial charge in [-0.25, -0.2) is 0 Å². The summed E-state index contributed by atoms with van der Waals surface area (Å²) in [7, 11) is 0. The highest BCUT2D eigenvalue weighted by Gasteiger charge is 2.00. The maximum atomic E-state index is 8.82. The molecule has 3 nitrogen and oxygen atoms in total. The van der Waals surface area contributed by atoms with E-state index in [9.17, 15) is 0 Å². The first kappa shape index (κ1) is 8.17. The molecule has 0 saturated heterocycles. The van der Waals surface area contributed by atoms with Gasteiger partial charge in [0.05, 0.1) is 18.9 Å². The van der Waals surface area contributed by atoms with E-state index in [0.717, 1.165) is 5.56 Å². The standard InChI is InChI=1S/C8H11NO2/c1-6-2-7(4-10)8(5-11)9-3-6/h2-3,10-11H,4-5H2,1H3. The zero-order valence-electron chi connectivity index (χ0n) is 6.41. The highest BCUT2D eigenvalue weighted by molar-refractivity contribution is 5.23. The van der Waals surface area contributed by atoms with Crippen LogP contribution in [0.1, 0.15) is 16.8 Å². The van der Waals surface area contributed by atoms with E-state index in [1.165, 1.54) is 0 Å². The summed E-state index contributed by atoms with van der Waals surface area (Å²) in [6.45, 7) is 1.72. The average molecular weight is 153 g/mol. The van der Waals surface area contributed by atoms with Gasteiger partial charge in [0.15, 0.2) is 0 Å². The summed E-state index contributed by atoms with van der Waals surface area (Å²) in [5.74, 6) is 0. The Balaban J connectivity index is 3.06. The van der Waals surface area contributed by atoms with Gasteiger partial charge in [0.2, 0.25) is 0 Å². The molecule has 1 aromatic heterocycles. The molecule has 0 aliphatic carbocycles. The van der Waals surface area contributed by atoms with E-state index in [2.05, 4.69) is 4.98 Å². The molecule has 11 heavy (non-hydrogen) atoms. The average Bonchev–Trinajstić information content (AvgIpc) is 2.04. The number of rotatable bonds is 2. The molecule has 0 aliphatic rings. The first-order valence-electron chi connectivity index (χ1n) is 3.44. The first-order valence-corrected chi connectivity index (χ1v) is 3.44. The lowest BCUT2D eigenvalue weighted by Crippen LogP contribution is -1.97. The fraction of sp³-hybridized carbons (Fsp3) is 0.375. The number of pyridine rings is 1. The van der Waals surface area contributed by atoms with Gasteiger partial charge < -0.3 is 10.2 Å². The molecule has 2 N–H and O–H groups in total. The lowest BCUT2D eigenvalue weighted by molar-refractivity contribution is 0.255. The third kappa shape index (κ3) is 1.76. The molecule has 0 fully saturated rings. The van der Waals surface area contributed by atoms with Crippen molar-refractivity contribution in [2.24, 2.45) is 0 Å². The van der Waals surface area contributed by atoms with Crippen molar-refractivity contribution >= 4 is 0 Å². The third-order valence-corrected chi connectivity index (χ3v) is 1.52. The Bertz CT molecular complexity index is 248. The number of hydrogen-bond acceptors (Lipinski definition) is 3. The van der Waals surface area contributed by atoms with Crippen LogP contribution in [0.4, 0.5) is 0 Å². The van der Waals surface area contributed by atoms with Crippen molar-refractivity contribution in [2.75, 3.05) is 0 Å². The summed E-state index contributed by atoms with van der Waals surface area (Å²) < 4.78 is 0. The Morgan fingerprint density at radius 3 is 2.64 bits per heavy atom. The van der Waals surface area contributed by atoms with E-state index in [1.807, 2.05) is 13.0 Å². The predicted molar refractivity (Wildman–Crippen MR) is 40.8 cm³/mol. The van der Waals surface area contributed by atoms with Gasteiger partial charge in [0.25, 0.3) is 0 Å². The molecule has 1 aromatic rings.